The number of allylic oxidation sites excluding steroid dienone is 3. The van der Waals surface area contributed by atoms with E-state index in [4.69, 9.17) is 11.6 Å². The molecule has 0 spiro atoms. The predicted molar refractivity (Wildman–Crippen MR) is 99.2 cm³/mol. The highest BCUT2D eigenvalue weighted by atomic mass is 15.4. The van der Waals surface area contributed by atoms with Crippen LogP contribution in [-0.2, 0) is 0 Å². The van der Waals surface area contributed by atoms with Crippen molar-refractivity contribution < 1.29 is 0 Å². The molecule has 0 saturated carbocycles. The topological polar surface area (TPSA) is 55.3 Å². The van der Waals surface area contributed by atoms with E-state index in [9.17, 15) is 0 Å². The summed E-state index contributed by atoms with van der Waals surface area (Å²) in [5.41, 5.74) is 12.4. The standard InChI is InChI=1S/C20H27N3/c1-6-15-12-14(5)17-10-8-9-11-18(17)20(23(22)13(3)4)19(21)16(15)7-2/h6-11,13-14H,1-2,12,21-22H2,3-5H3/b16-15-,20-19-. The van der Waals surface area contributed by atoms with E-state index in [1.165, 1.54) is 5.56 Å². The van der Waals surface area contributed by atoms with Crippen LogP contribution in [0.5, 0.6) is 0 Å². The second-order valence-corrected chi connectivity index (χ2v) is 6.30. The second kappa shape index (κ2) is 6.88. The molecule has 3 nitrogen and oxygen atoms in total. The average molecular weight is 309 g/mol. The largest absolute Gasteiger partial charge is 0.396 e. The lowest BCUT2D eigenvalue weighted by Crippen LogP contribution is -2.38. The van der Waals surface area contributed by atoms with Crippen LogP contribution in [0.15, 0.2) is 66.4 Å². The number of fused-ring (bicyclic) bond motifs is 1. The first-order valence-electron chi connectivity index (χ1n) is 8.03. The lowest BCUT2D eigenvalue weighted by molar-refractivity contribution is 0.340. The molecule has 0 aromatic heterocycles. The van der Waals surface area contributed by atoms with Crippen molar-refractivity contribution >= 4 is 5.70 Å². The van der Waals surface area contributed by atoms with E-state index in [-0.39, 0.29) is 6.04 Å². The number of nitrogens with two attached hydrogens (primary N) is 2. The Labute approximate surface area is 139 Å². The molecule has 0 saturated heterocycles. The molecule has 0 heterocycles. The first-order valence-corrected chi connectivity index (χ1v) is 8.03. The van der Waals surface area contributed by atoms with E-state index < -0.39 is 0 Å². The maximum absolute atomic E-state index is 6.55. The monoisotopic (exact) mass is 309 g/mol. The summed E-state index contributed by atoms with van der Waals surface area (Å²) in [6, 6.07) is 8.47. The maximum atomic E-state index is 6.55. The Morgan fingerprint density at radius 1 is 1.22 bits per heavy atom. The van der Waals surface area contributed by atoms with Crippen LogP contribution in [0.25, 0.3) is 5.70 Å². The summed E-state index contributed by atoms with van der Waals surface area (Å²) in [5.74, 6) is 6.72. The van der Waals surface area contributed by atoms with Gasteiger partial charge >= 0.3 is 0 Å². The molecular formula is C20H27N3. The molecule has 1 aliphatic carbocycles. The Bertz CT molecular complexity index is 680. The number of nitrogens with zero attached hydrogens (tertiary/aromatic N) is 1. The molecule has 1 unspecified atom stereocenters. The third kappa shape index (κ3) is 3.10. The summed E-state index contributed by atoms with van der Waals surface area (Å²) in [7, 11) is 0. The second-order valence-electron chi connectivity index (χ2n) is 6.30. The van der Waals surface area contributed by atoms with Gasteiger partial charge in [0.25, 0.3) is 0 Å². The third-order valence-electron chi connectivity index (χ3n) is 4.43. The van der Waals surface area contributed by atoms with Crippen LogP contribution in [0.4, 0.5) is 0 Å². The van der Waals surface area contributed by atoms with Gasteiger partial charge in [-0.1, -0.05) is 56.5 Å². The van der Waals surface area contributed by atoms with Gasteiger partial charge in [-0.15, -0.1) is 0 Å². The lowest BCUT2D eigenvalue weighted by atomic mass is 9.83. The minimum Gasteiger partial charge on any atom is -0.396 e. The van der Waals surface area contributed by atoms with Crippen LogP contribution in [0, 0.1) is 0 Å². The molecule has 1 aromatic carbocycles. The van der Waals surface area contributed by atoms with Gasteiger partial charge in [0.15, 0.2) is 0 Å². The van der Waals surface area contributed by atoms with E-state index in [0.717, 1.165) is 28.8 Å². The molecule has 0 amide bonds. The summed E-state index contributed by atoms with van der Waals surface area (Å²) in [6.45, 7) is 14.2. The van der Waals surface area contributed by atoms with Crippen molar-refractivity contribution in [3.8, 4) is 0 Å². The highest BCUT2D eigenvalue weighted by molar-refractivity contribution is 5.75. The molecular weight excluding hydrogens is 282 g/mol. The van der Waals surface area contributed by atoms with Crippen molar-refractivity contribution in [1.29, 1.82) is 0 Å². The van der Waals surface area contributed by atoms with Crippen LogP contribution in [-0.4, -0.2) is 11.1 Å². The lowest BCUT2D eigenvalue weighted by Gasteiger charge is -2.32. The van der Waals surface area contributed by atoms with Gasteiger partial charge in [0.1, 0.15) is 0 Å². The van der Waals surface area contributed by atoms with Crippen LogP contribution in [0.2, 0.25) is 0 Å². The van der Waals surface area contributed by atoms with Gasteiger partial charge in [0.05, 0.1) is 11.4 Å². The van der Waals surface area contributed by atoms with E-state index in [2.05, 4.69) is 52.1 Å². The van der Waals surface area contributed by atoms with Crippen LogP contribution in [0.3, 0.4) is 0 Å². The summed E-state index contributed by atoms with van der Waals surface area (Å²) >= 11 is 0. The van der Waals surface area contributed by atoms with Crippen molar-refractivity contribution in [2.24, 2.45) is 11.6 Å². The Balaban J connectivity index is 2.86. The fraction of sp³-hybridized carbons (Fsp3) is 0.300. The number of benzene rings is 1. The van der Waals surface area contributed by atoms with Crippen LogP contribution < -0.4 is 11.6 Å². The van der Waals surface area contributed by atoms with Gasteiger partial charge in [-0.2, -0.15) is 0 Å². The van der Waals surface area contributed by atoms with Crippen molar-refractivity contribution in [2.75, 3.05) is 0 Å². The number of rotatable bonds is 4. The van der Waals surface area contributed by atoms with Crippen LogP contribution in [0.1, 0.15) is 44.2 Å². The first-order chi connectivity index (χ1) is 10.9. The SMILES string of the molecule is C=C/C1=C(C=C)/C(N)=C(/N(N)C(C)C)c2ccccc2C(C)C1. The van der Waals surface area contributed by atoms with Gasteiger partial charge in [-0.05, 0) is 37.3 Å². The molecule has 0 radical (unpaired) electrons. The molecule has 2 rings (SSSR count). The minimum atomic E-state index is 0.129. The Morgan fingerprint density at radius 3 is 2.43 bits per heavy atom. The molecule has 1 atom stereocenters. The average Bonchev–Trinajstić information content (AvgIpc) is 2.53. The Morgan fingerprint density at radius 2 is 1.87 bits per heavy atom. The van der Waals surface area contributed by atoms with Gasteiger partial charge in [-0.3, -0.25) is 0 Å². The first kappa shape index (κ1) is 17.1. The summed E-state index contributed by atoms with van der Waals surface area (Å²) in [4.78, 5) is 0. The fourth-order valence-corrected chi connectivity index (χ4v) is 3.11. The van der Waals surface area contributed by atoms with E-state index in [1.807, 2.05) is 12.1 Å². The van der Waals surface area contributed by atoms with E-state index in [1.54, 1.807) is 11.1 Å². The zero-order valence-electron chi connectivity index (χ0n) is 14.3. The predicted octanol–water partition coefficient (Wildman–Crippen LogP) is 4.07. The van der Waals surface area contributed by atoms with E-state index in [0.29, 0.717) is 11.6 Å². The maximum Gasteiger partial charge on any atom is 0.0831 e. The molecule has 122 valence electrons. The number of hydrogen-bond acceptors (Lipinski definition) is 3. The zero-order chi connectivity index (χ0) is 17.1. The quantitative estimate of drug-likeness (QED) is 0.651. The Hall–Kier alpha value is -2.26. The van der Waals surface area contributed by atoms with Crippen molar-refractivity contribution in [3.63, 3.8) is 0 Å². The van der Waals surface area contributed by atoms with Gasteiger partial charge in [0, 0.05) is 17.2 Å². The van der Waals surface area contributed by atoms with Crippen molar-refractivity contribution in [1.82, 2.24) is 5.01 Å². The Kier molecular flexibility index (Phi) is 5.12. The van der Waals surface area contributed by atoms with Crippen molar-refractivity contribution in [3.05, 3.63) is 77.5 Å². The third-order valence-corrected chi connectivity index (χ3v) is 4.43. The summed E-state index contributed by atoms with van der Waals surface area (Å²) in [6.07, 6.45) is 4.56. The molecule has 3 heteroatoms. The highest BCUT2D eigenvalue weighted by Crippen LogP contribution is 2.38. The molecule has 4 N–H and O–H groups in total. The molecule has 23 heavy (non-hydrogen) atoms. The molecule has 0 bridgehead atoms. The molecule has 1 aromatic rings. The van der Waals surface area contributed by atoms with Gasteiger partial charge in [0.2, 0.25) is 0 Å². The van der Waals surface area contributed by atoms with Gasteiger partial charge in [-0.25, -0.2) is 5.84 Å². The molecule has 0 fully saturated rings. The van der Waals surface area contributed by atoms with E-state index >= 15 is 0 Å². The molecule has 0 aliphatic heterocycles. The highest BCUT2D eigenvalue weighted by Gasteiger charge is 2.25. The minimum absolute atomic E-state index is 0.129. The molecule has 1 aliphatic rings. The normalized spacial score (nSPS) is 24.7. The number of hydrogen-bond donors (Lipinski definition) is 2. The fourth-order valence-electron chi connectivity index (χ4n) is 3.11. The zero-order valence-corrected chi connectivity index (χ0v) is 14.3. The number of hydrazine groups is 1. The van der Waals surface area contributed by atoms with Crippen LogP contribution >= 0.6 is 0 Å². The van der Waals surface area contributed by atoms with Gasteiger partial charge < -0.3 is 10.7 Å². The smallest absolute Gasteiger partial charge is 0.0831 e. The summed E-state index contributed by atoms with van der Waals surface area (Å²) in [5, 5.41) is 1.75. The summed E-state index contributed by atoms with van der Waals surface area (Å²) < 4.78 is 0. The van der Waals surface area contributed by atoms with Crippen molar-refractivity contribution in [2.45, 2.75) is 39.2 Å².